The molecule has 0 atom stereocenters. The van der Waals surface area contributed by atoms with E-state index in [0.717, 1.165) is 4.90 Å². The molecule has 0 heterocycles. The molecule has 18 heavy (non-hydrogen) atoms. The lowest BCUT2D eigenvalue weighted by Gasteiger charge is -2.18. The lowest BCUT2D eigenvalue weighted by Crippen LogP contribution is -2.21. The molecule has 2 aromatic rings. The van der Waals surface area contributed by atoms with E-state index in [9.17, 15) is 9.59 Å². The van der Waals surface area contributed by atoms with Crippen molar-refractivity contribution < 1.29 is 9.59 Å². The van der Waals surface area contributed by atoms with Gasteiger partial charge in [0.25, 0.3) is 0 Å². The highest BCUT2D eigenvalue weighted by Crippen LogP contribution is 2.35. The van der Waals surface area contributed by atoms with Gasteiger partial charge in [-0.25, -0.2) is 0 Å². The number of halogens is 1. The van der Waals surface area contributed by atoms with Crippen molar-refractivity contribution in [1.29, 1.82) is 0 Å². The van der Waals surface area contributed by atoms with Crippen LogP contribution in [0.15, 0.2) is 47.4 Å². The van der Waals surface area contributed by atoms with Crippen molar-refractivity contribution in [3.8, 4) is 0 Å². The van der Waals surface area contributed by atoms with Crippen molar-refractivity contribution in [2.75, 3.05) is 0 Å². The number of hydrogen-bond acceptors (Lipinski definition) is 3. The number of benzene rings is 2. The van der Waals surface area contributed by atoms with Crippen LogP contribution in [-0.2, 0) is 0 Å². The number of fused-ring (bicyclic) bond motifs is 2. The topological polar surface area (TPSA) is 34.1 Å². The molecule has 2 nitrogen and oxygen atoms in total. The molecular weight excluding hydrogens is 312 g/mol. The molecule has 0 saturated heterocycles. The zero-order valence-corrected chi connectivity index (χ0v) is 11.5. The molecule has 3 rings (SSSR count). The minimum atomic E-state index is -0.0808. The minimum Gasteiger partial charge on any atom is -0.289 e. The second kappa shape index (κ2) is 4.37. The van der Waals surface area contributed by atoms with E-state index in [0.29, 0.717) is 22.3 Å². The predicted molar refractivity (Wildman–Crippen MR) is 74.5 cm³/mol. The van der Waals surface area contributed by atoms with Gasteiger partial charge < -0.3 is 0 Å². The number of carbonyl (C=O) groups excluding carboxylic acids is 2. The van der Waals surface area contributed by atoms with Gasteiger partial charge in [0, 0.05) is 27.1 Å². The molecule has 0 saturated carbocycles. The van der Waals surface area contributed by atoms with Crippen LogP contribution >= 0.6 is 25.0 Å². The van der Waals surface area contributed by atoms with Gasteiger partial charge in [-0.15, -0.1) is 0 Å². The Hall–Kier alpha value is -1.39. The predicted octanol–water partition coefficient (Wildman–Crippen LogP) is 3.86. The van der Waals surface area contributed by atoms with Crippen LogP contribution < -0.4 is 0 Å². The van der Waals surface area contributed by atoms with Crippen LogP contribution in [0.25, 0.3) is 0 Å². The van der Waals surface area contributed by atoms with E-state index in [2.05, 4.69) is 14.8 Å². The molecule has 0 unspecified atom stereocenters. The van der Waals surface area contributed by atoms with Crippen LogP contribution in [0.4, 0.5) is 0 Å². The smallest absolute Gasteiger partial charge is 0.195 e. The van der Waals surface area contributed by atoms with E-state index in [1.54, 1.807) is 36.4 Å². The van der Waals surface area contributed by atoms with Crippen LogP contribution in [0.1, 0.15) is 31.8 Å². The third kappa shape index (κ3) is 1.56. The summed E-state index contributed by atoms with van der Waals surface area (Å²) in [5.41, 5.74) is 1.97. The van der Waals surface area contributed by atoms with Crippen LogP contribution in [-0.4, -0.2) is 11.6 Å². The highest BCUT2D eigenvalue weighted by Gasteiger charge is 2.30. The Balaban J connectivity index is 2.34. The maximum atomic E-state index is 12.4. The third-order valence-corrected chi connectivity index (χ3v) is 4.55. The van der Waals surface area contributed by atoms with E-state index in [-0.39, 0.29) is 11.6 Å². The van der Waals surface area contributed by atoms with Gasteiger partial charge in [-0.2, -0.15) is 0 Å². The molecule has 0 N–H and O–H groups in total. The van der Waals surface area contributed by atoms with E-state index in [1.165, 1.54) is 10.2 Å². The second-order valence-corrected chi connectivity index (χ2v) is 5.53. The van der Waals surface area contributed by atoms with Crippen molar-refractivity contribution in [2.24, 2.45) is 0 Å². The molecule has 0 amide bonds. The average molecular weight is 319 g/mol. The summed E-state index contributed by atoms with van der Waals surface area (Å²) in [5, 5.41) is 0. The number of hydrogen-bond donors (Lipinski definition) is 0. The fourth-order valence-electron chi connectivity index (χ4n) is 2.18. The van der Waals surface area contributed by atoms with Crippen molar-refractivity contribution in [1.82, 2.24) is 0 Å². The number of ketones is 2. The third-order valence-electron chi connectivity index (χ3n) is 3.00. The zero-order chi connectivity index (χ0) is 12.7. The highest BCUT2D eigenvalue weighted by molar-refractivity contribution is 9.50. The molecular formula is C14H7BrO2S. The summed E-state index contributed by atoms with van der Waals surface area (Å²) in [6.45, 7) is 0. The van der Waals surface area contributed by atoms with Crippen LogP contribution in [0.5, 0.6) is 0 Å². The average Bonchev–Trinajstić information content (AvgIpc) is 2.44. The first-order chi connectivity index (χ1) is 8.74. The molecule has 0 bridgehead atoms. The van der Waals surface area contributed by atoms with E-state index < -0.39 is 0 Å². The van der Waals surface area contributed by atoms with E-state index in [4.69, 9.17) is 0 Å². The Labute approximate surface area is 116 Å². The first kappa shape index (κ1) is 11.7. The Morgan fingerprint density at radius 3 is 2.06 bits per heavy atom. The summed E-state index contributed by atoms with van der Waals surface area (Å²) >= 11 is 3.28. The molecule has 4 heteroatoms. The normalized spacial score (nSPS) is 13.2. The maximum Gasteiger partial charge on any atom is 0.195 e. The van der Waals surface area contributed by atoms with Crippen molar-refractivity contribution in [3.63, 3.8) is 0 Å². The van der Waals surface area contributed by atoms with Gasteiger partial charge >= 0.3 is 0 Å². The largest absolute Gasteiger partial charge is 0.289 e. The Bertz CT molecular complexity index is 679. The van der Waals surface area contributed by atoms with Gasteiger partial charge in [0.2, 0.25) is 0 Å². The zero-order valence-electron chi connectivity index (χ0n) is 9.14. The second-order valence-electron chi connectivity index (χ2n) is 3.96. The summed E-state index contributed by atoms with van der Waals surface area (Å²) in [6.07, 6.45) is 0. The molecule has 0 aliphatic heterocycles. The quantitative estimate of drug-likeness (QED) is 0.683. The molecule has 0 aromatic heterocycles. The standard InChI is InChI=1S/C14H7BrO2S/c15-18-11-7-3-6-10-12(11)14(17)9-5-2-1-4-8(9)13(10)16/h1-7H. The van der Waals surface area contributed by atoms with Gasteiger partial charge in [0.05, 0.1) is 0 Å². The summed E-state index contributed by atoms with van der Waals surface area (Å²) < 4.78 is 0. The fourth-order valence-corrected chi connectivity index (χ4v) is 3.40. The number of rotatable bonds is 1. The molecule has 2 aromatic carbocycles. The summed E-state index contributed by atoms with van der Waals surface area (Å²) in [6, 6.07) is 12.3. The molecule has 0 spiro atoms. The first-order valence-corrected chi connectivity index (χ1v) is 8.00. The monoisotopic (exact) mass is 318 g/mol. The molecule has 0 fully saturated rings. The fraction of sp³-hybridized carbons (Fsp3) is 0. The van der Waals surface area contributed by atoms with Crippen molar-refractivity contribution in [3.05, 3.63) is 64.7 Å². The van der Waals surface area contributed by atoms with Crippen LogP contribution in [0, 0.1) is 0 Å². The van der Waals surface area contributed by atoms with Gasteiger partial charge in [-0.1, -0.05) is 36.4 Å². The summed E-state index contributed by atoms with van der Waals surface area (Å²) in [4.78, 5) is 25.6. The van der Waals surface area contributed by atoms with E-state index >= 15 is 0 Å². The van der Waals surface area contributed by atoms with E-state index in [1.807, 2.05) is 6.07 Å². The highest BCUT2D eigenvalue weighted by atomic mass is 79.9. The molecule has 88 valence electrons. The Morgan fingerprint density at radius 1 is 0.778 bits per heavy atom. The summed E-state index contributed by atoms with van der Waals surface area (Å²) in [5.74, 6) is -0.161. The molecule has 1 aliphatic carbocycles. The SMILES string of the molecule is O=C1c2ccccc2C(=O)c2c(SBr)cccc21. The van der Waals surface area contributed by atoms with Gasteiger partial charge in [0.1, 0.15) is 0 Å². The van der Waals surface area contributed by atoms with Crippen molar-refractivity contribution >= 4 is 36.6 Å². The van der Waals surface area contributed by atoms with Gasteiger partial charge in [-0.05, 0) is 31.1 Å². The Kier molecular flexibility index (Phi) is 2.84. The molecule has 0 radical (unpaired) electrons. The number of carbonyl (C=O) groups is 2. The summed E-state index contributed by atoms with van der Waals surface area (Å²) in [7, 11) is 1.30. The minimum absolute atomic E-state index is 0.0800. The lowest BCUT2D eigenvalue weighted by molar-refractivity contribution is 0.0977. The Morgan fingerprint density at radius 2 is 1.39 bits per heavy atom. The molecule has 1 aliphatic rings. The lowest BCUT2D eigenvalue weighted by atomic mass is 9.84. The van der Waals surface area contributed by atoms with Crippen molar-refractivity contribution in [2.45, 2.75) is 4.90 Å². The van der Waals surface area contributed by atoms with Gasteiger partial charge in [-0.3, -0.25) is 9.59 Å². The van der Waals surface area contributed by atoms with Gasteiger partial charge in [0.15, 0.2) is 11.6 Å². The van der Waals surface area contributed by atoms with Crippen LogP contribution in [0.3, 0.4) is 0 Å². The maximum absolute atomic E-state index is 12.4. The first-order valence-electron chi connectivity index (χ1n) is 5.34. The van der Waals surface area contributed by atoms with Crippen LogP contribution in [0.2, 0.25) is 0 Å².